The monoisotopic (exact) mass is 392 g/mol. The molecule has 1 amide bonds. The van der Waals surface area contributed by atoms with Crippen LogP contribution >= 0.6 is 11.6 Å². The van der Waals surface area contributed by atoms with Crippen LogP contribution in [-0.4, -0.2) is 30.9 Å². The lowest BCUT2D eigenvalue weighted by molar-refractivity contribution is 0.102. The second-order valence-corrected chi connectivity index (χ2v) is 6.76. The molecule has 2 heterocycles. The second-order valence-electron chi connectivity index (χ2n) is 6.32. The van der Waals surface area contributed by atoms with E-state index in [0.717, 1.165) is 11.1 Å². The third-order valence-electron chi connectivity index (χ3n) is 4.32. The number of amides is 1. The molecule has 4 rings (SSSR count). The maximum absolute atomic E-state index is 12.4. The fourth-order valence-corrected chi connectivity index (χ4v) is 2.89. The molecule has 0 bridgehead atoms. The number of carbonyl (C=O) groups is 1. The highest BCUT2D eigenvalue weighted by Crippen LogP contribution is 2.20. The molecule has 28 heavy (non-hydrogen) atoms. The van der Waals surface area contributed by atoms with Crippen LogP contribution in [0.25, 0.3) is 11.3 Å². The van der Waals surface area contributed by atoms with Crippen molar-refractivity contribution in [2.24, 2.45) is 0 Å². The molecule has 8 heteroatoms. The predicted octanol–water partition coefficient (Wildman–Crippen LogP) is 3.93. The Bertz CT molecular complexity index is 1120. The van der Waals surface area contributed by atoms with Gasteiger partial charge < -0.3 is 0 Å². The summed E-state index contributed by atoms with van der Waals surface area (Å²) in [6.07, 6.45) is 1.59. The average molecular weight is 393 g/mol. The van der Waals surface area contributed by atoms with E-state index in [2.05, 4.69) is 25.6 Å². The molecule has 4 aromatic rings. The van der Waals surface area contributed by atoms with Crippen molar-refractivity contribution in [2.45, 2.75) is 13.5 Å². The third kappa shape index (κ3) is 3.94. The standard InChI is InChI=1S/C20H17ClN6O/c1-13-4-2-3-5-15(13)11-27-12-22-20(26-27)23-19(28)18-10-17(24-25-18)14-6-8-16(21)9-7-14/h2-10,12H,11H2,1H3,(H,24,25)(H,23,26,28). The van der Waals surface area contributed by atoms with E-state index >= 15 is 0 Å². The molecule has 0 fully saturated rings. The number of hydrogen-bond donors (Lipinski definition) is 2. The zero-order valence-corrected chi connectivity index (χ0v) is 15.8. The molecule has 0 radical (unpaired) electrons. The molecule has 0 spiro atoms. The first-order valence-corrected chi connectivity index (χ1v) is 9.03. The van der Waals surface area contributed by atoms with Crippen molar-refractivity contribution in [1.82, 2.24) is 25.0 Å². The predicted molar refractivity (Wildman–Crippen MR) is 107 cm³/mol. The van der Waals surface area contributed by atoms with Crippen molar-refractivity contribution in [3.63, 3.8) is 0 Å². The Hall–Kier alpha value is -3.45. The Balaban J connectivity index is 1.44. The number of H-pyrrole nitrogens is 1. The number of nitrogens with zero attached hydrogens (tertiary/aromatic N) is 4. The largest absolute Gasteiger partial charge is 0.288 e. The summed E-state index contributed by atoms with van der Waals surface area (Å²) in [5, 5.41) is 14.5. The molecule has 0 saturated heterocycles. The quantitative estimate of drug-likeness (QED) is 0.538. The summed E-state index contributed by atoms with van der Waals surface area (Å²) in [6, 6.07) is 17.0. The number of aryl methyl sites for hydroxylation is 1. The SMILES string of the molecule is Cc1ccccc1Cn1cnc(NC(=O)c2cc(-c3ccc(Cl)cc3)n[nH]2)n1. The van der Waals surface area contributed by atoms with Crippen LogP contribution in [0.4, 0.5) is 5.95 Å². The van der Waals surface area contributed by atoms with E-state index in [4.69, 9.17) is 11.6 Å². The molecule has 140 valence electrons. The van der Waals surface area contributed by atoms with Crippen LogP contribution in [0.1, 0.15) is 21.6 Å². The van der Waals surface area contributed by atoms with Gasteiger partial charge in [0.25, 0.3) is 5.91 Å². The topological polar surface area (TPSA) is 88.5 Å². The maximum atomic E-state index is 12.4. The van der Waals surface area contributed by atoms with Crippen LogP contribution in [0.2, 0.25) is 5.02 Å². The van der Waals surface area contributed by atoms with Gasteiger partial charge in [-0.1, -0.05) is 48.0 Å². The average Bonchev–Trinajstić information content (AvgIpc) is 3.34. The highest BCUT2D eigenvalue weighted by atomic mass is 35.5. The van der Waals surface area contributed by atoms with Gasteiger partial charge in [0, 0.05) is 10.6 Å². The van der Waals surface area contributed by atoms with Gasteiger partial charge in [-0.3, -0.25) is 15.2 Å². The summed E-state index contributed by atoms with van der Waals surface area (Å²) in [4.78, 5) is 16.6. The normalized spacial score (nSPS) is 10.8. The van der Waals surface area contributed by atoms with Crippen LogP contribution in [-0.2, 0) is 6.54 Å². The molecular weight excluding hydrogens is 376 g/mol. The summed E-state index contributed by atoms with van der Waals surface area (Å²) < 4.78 is 1.68. The minimum Gasteiger partial charge on any atom is -0.288 e. The molecular formula is C20H17ClN6O. The number of benzene rings is 2. The van der Waals surface area contributed by atoms with Crippen molar-refractivity contribution in [1.29, 1.82) is 0 Å². The van der Waals surface area contributed by atoms with Gasteiger partial charge in [0.15, 0.2) is 0 Å². The Morgan fingerprint density at radius 2 is 1.96 bits per heavy atom. The Labute approximate surface area is 166 Å². The number of halogens is 1. The highest BCUT2D eigenvalue weighted by Gasteiger charge is 2.13. The minimum absolute atomic E-state index is 0.237. The van der Waals surface area contributed by atoms with E-state index in [1.807, 2.05) is 43.3 Å². The van der Waals surface area contributed by atoms with Gasteiger partial charge in [-0.05, 0) is 36.2 Å². The summed E-state index contributed by atoms with van der Waals surface area (Å²) in [6.45, 7) is 2.63. The number of rotatable bonds is 5. The van der Waals surface area contributed by atoms with Crippen molar-refractivity contribution in [3.8, 4) is 11.3 Å². The molecule has 2 aromatic carbocycles. The highest BCUT2D eigenvalue weighted by molar-refractivity contribution is 6.30. The first-order chi connectivity index (χ1) is 13.6. The molecule has 0 unspecified atom stereocenters. The van der Waals surface area contributed by atoms with Gasteiger partial charge in [0.05, 0.1) is 12.2 Å². The number of nitrogens with one attached hydrogen (secondary N) is 2. The van der Waals surface area contributed by atoms with Crippen LogP contribution in [0.15, 0.2) is 60.9 Å². The molecule has 0 atom stereocenters. The van der Waals surface area contributed by atoms with Crippen LogP contribution in [0, 0.1) is 6.92 Å². The van der Waals surface area contributed by atoms with Crippen molar-refractivity contribution >= 4 is 23.5 Å². The van der Waals surface area contributed by atoms with Crippen LogP contribution < -0.4 is 5.32 Å². The zero-order valence-electron chi connectivity index (χ0n) is 15.1. The second kappa shape index (κ2) is 7.66. The van der Waals surface area contributed by atoms with E-state index in [1.165, 1.54) is 5.56 Å². The lowest BCUT2D eigenvalue weighted by atomic mass is 10.1. The number of aromatic nitrogens is 5. The Kier molecular flexibility index (Phi) is 4.90. The summed E-state index contributed by atoms with van der Waals surface area (Å²) in [7, 11) is 0. The minimum atomic E-state index is -0.360. The summed E-state index contributed by atoms with van der Waals surface area (Å²) in [5.74, 6) is -0.123. The maximum Gasteiger partial charge on any atom is 0.276 e. The number of carbonyl (C=O) groups excluding carboxylic acids is 1. The van der Waals surface area contributed by atoms with Gasteiger partial charge in [-0.15, -0.1) is 5.10 Å². The first-order valence-electron chi connectivity index (χ1n) is 8.65. The molecule has 0 aliphatic heterocycles. The van der Waals surface area contributed by atoms with Gasteiger partial charge in [0.1, 0.15) is 12.0 Å². The third-order valence-corrected chi connectivity index (χ3v) is 4.57. The van der Waals surface area contributed by atoms with Gasteiger partial charge in [0.2, 0.25) is 5.95 Å². The fourth-order valence-electron chi connectivity index (χ4n) is 2.77. The van der Waals surface area contributed by atoms with E-state index in [-0.39, 0.29) is 11.9 Å². The summed E-state index contributed by atoms with van der Waals surface area (Å²) in [5.41, 5.74) is 4.16. The molecule has 7 nitrogen and oxygen atoms in total. The van der Waals surface area contributed by atoms with E-state index in [9.17, 15) is 4.79 Å². The lowest BCUT2D eigenvalue weighted by Crippen LogP contribution is -2.14. The van der Waals surface area contributed by atoms with E-state index in [1.54, 1.807) is 29.2 Å². The molecule has 0 aliphatic rings. The van der Waals surface area contributed by atoms with Crippen molar-refractivity contribution < 1.29 is 4.79 Å². The van der Waals surface area contributed by atoms with Crippen LogP contribution in [0.5, 0.6) is 0 Å². The fraction of sp³-hybridized carbons (Fsp3) is 0.100. The Morgan fingerprint density at radius 1 is 1.18 bits per heavy atom. The smallest absolute Gasteiger partial charge is 0.276 e. The van der Waals surface area contributed by atoms with Gasteiger partial charge in [-0.25, -0.2) is 9.67 Å². The molecule has 2 N–H and O–H groups in total. The van der Waals surface area contributed by atoms with Crippen LogP contribution in [0.3, 0.4) is 0 Å². The number of hydrogen-bond acceptors (Lipinski definition) is 4. The van der Waals surface area contributed by atoms with Gasteiger partial charge in [-0.2, -0.15) is 5.10 Å². The molecule has 2 aromatic heterocycles. The number of aromatic amines is 1. The lowest BCUT2D eigenvalue weighted by Gasteiger charge is -2.04. The molecule has 0 aliphatic carbocycles. The van der Waals surface area contributed by atoms with E-state index < -0.39 is 0 Å². The first kappa shape index (κ1) is 17.9. The summed E-state index contributed by atoms with van der Waals surface area (Å²) >= 11 is 5.90. The van der Waals surface area contributed by atoms with Crippen molar-refractivity contribution in [3.05, 3.63) is 82.8 Å². The van der Waals surface area contributed by atoms with E-state index in [0.29, 0.717) is 23.0 Å². The molecule has 0 saturated carbocycles. The van der Waals surface area contributed by atoms with Crippen molar-refractivity contribution in [2.75, 3.05) is 5.32 Å². The Morgan fingerprint density at radius 3 is 2.75 bits per heavy atom. The zero-order chi connectivity index (χ0) is 19.5. The number of anilines is 1. The van der Waals surface area contributed by atoms with Gasteiger partial charge >= 0.3 is 0 Å².